The summed E-state index contributed by atoms with van der Waals surface area (Å²) in [7, 11) is 0. The Morgan fingerprint density at radius 2 is 2.13 bits per heavy atom. The molecule has 0 saturated heterocycles. The number of phenols is 1. The van der Waals surface area contributed by atoms with Crippen LogP contribution in [0.5, 0.6) is 5.75 Å². The number of phenolic OH excluding ortho intramolecular Hbond substituents is 1. The molecule has 0 unspecified atom stereocenters. The van der Waals surface area contributed by atoms with E-state index in [1.807, 2.05) is 0 Å². The molecule has 0 aromatic heterocycles. The number of rotatable bonds is 3. The van der Waals surface area contributed by atoms with Crippen LogP contribution in [0.2, 0.25) is 0 Å². The van der Waals surface area contributed by atoms with Crippen molar-refractivity contribution in [3.05, 3.63) is 27.2 Å². The van der Waals surface area contributed by atoms with Crippen molar-refractivity contribution in [1.29, 1.82) is 0 Å². The van der Waals surface area contributed by atoms with Crippen LogP contribution in [-0.2, 0) is 19.3 Å². The van der Waals surface area contributed by atoms with Gasteiger partial charge in [-0.1, -0.05) is 6.07 Å². The molecular formula is C12H15BrO2. The molecule has 1 aliphatic rings. The van der Waals surface area contributed by atoms with Gasteiger partial charge in [0.2, 0.25) is 0 Å². The Labute approximate surface area is 98.1 Å². The van der Waals surface area contributed by atoms with Gasteiger partial charge in [0.25, 0.3) is 0 Å². The smallest absolute Gasteiger partial charge is 0.133 e. The zero-order valence-corrected chi connectivity index (χ0v) is 10.2. The Morgan fingerprint density at radius 1 is 1.33 bits per heavy atom. The first kappa shape index (κ1) is 11.0. The maximum Gasteiger partial charge on any atom is 0.133 e. The predicted octanol–water partition coefficient (Wildman–Crippen LogP) is 2.57. The third-order valence-corrected chi connectivity index (χ3v) is 3.84. The van der Waals surface area contributed by atoms with E-state index in [1.165, 1.54) is 17.5 Å². The van der Waals surface area contributed by atoms with E-state index in [9.17, 15) is 5.11 Å². The molecule has 2 nitrogen and oxygen atoms in total. The molecule has 0 spiro atoms. The Morgan fingerprint density at radius 3 is 2.87 bits per heavy atom. The van der Waals surface area contributed by atoms with Crippen LogP contribution in [-0.4, -0.2) is 16.8 Å². The first-order valence-corrected chi connectivity index (χ1v) is 6.16. The van der Waals surface area contributed by atoms with Crippen molar-refractivity contribution in [3.63, 3.8) is 0 Å². The number of aryl methyl sites for hydroxylation is 2. The molecule has 0 amide bonds. The summed E-state index contributed by atoms with van der Waals surface area (Å²) in [5, 5.41) is 18.7. The van der Waals surface area contributed by atoms with Crippen LogP contribution in [0, 0.1) is 0 Å². The Kier molecular flexibility index (Phi) is 3.32. The Balaban J connectivity index is 2.36. The van der Waals surface area contributed by atoms with Crippen LogP contribution in [0.4, 0.5) is 0 Å². The third-order valence-electron chi connectivity index (χ3n) is 2.99. The molecule has 82 valence electrons. The van der Waals surface area contributed by atoms with E-state index in [2.05, 4.69) is 22.0 Å². The number of halogens is 1. The van der Waals surface area contributed by atoms with Gasteiger partial charge in [0, 0.05) is 6.61 Å². The fourth-order valence-electron chi connectivity index (χ4n) is 2.20. The molecule has 3 heteroatoms. The highest BCUT2D eigenvalue weighted by Crippen LogP contribution is 2.38. The van der Waals surface area contributed by atoms with E-state index in [1.54, 1.807) is 0 Å². The van der Waals surface area contributed by atoms with Crippen molar-refractivity contribution in [2.24, 2.45) is 0 Å². The van der Waals surface area contributed by atoms with Gasteiger partial charge < -0.3 is 10.2 Å². The lowest BCUT2D eigenvalue weighted by Gasteiger charge is -2.10. The lowest BCUT2D eigenvalue weighted by Crippen LogP contribution is -1.94. The summed E-state index contributed by atoms with van der Waals surface area (Å²) in [5.41, 5.74) is 3.57. The minimum atomic E-state index is 0.175. The predicted molar refractivity (Wildman–Crippen MR) is 63.2 cm³/mol. The summed E-state index contributed by atoms with van der Waals surface area (Å²) in [6.07, 6.45) is 4.80. The zero-order chi connectivity index (χ0) is 10.8. The van der Waals surface area contributed by atoms with Gasteiger partial charge in [-0.15, -0.1) is 0 Å². The summed E-state index contributed by atoms with van der Waals surface area (Å²) in [6, 6.07) is 2.10. The normalized spacial score (nSPS) is 14.3. The van der Waals surface area contributed by atoms with Gasteiger partial charge in [-0.3, -0.25) is 0 Å². The van der Waals surface area contributed by atoms with Gasteiger partial charge >= 0.3 is 0 Å². The van der Waals surface area contributed by atoms with Gasteiger partial charge in [0.05, 0.1) is 4.47 Å². The molecule has 2 N–H and O–H groups in total. The van der Waals surface area contributed by atoms with Gasteiger partial charge in [-0.05, 0) is 64.7 Å². The van der Waals surface area contributed by atoms with E-state index in [4.69, 9.17) is 5.11 Å². The number of benzene rings is 1. The summed E-state index contributed by atoms with van der Waals surface area (Å²) in [5.74, 6) is 0.365. The van der Waals surface area contributed by atoms with Crippen molar-refractivity contribution in [1.82, 2.24) is 0 Å². The van der Waals surface area contributed by atoms with E-state index in [-0.39, 0.29) is 6.61 Å². The minimum Gasteiger partial charge on any atom is -0.506 e. The molecule has 1 aliphatic carbocycles. The molecular weight excluding hydrogens is 256 g/mol. The second kappa shape index (κ2) is 4.54. The van der Waals surface area contributed by atoms with Crippen molar-refractivity contribution in [2.75, 3.05) is 6.61 Å². The summed E-state index contributed by atoms with van der Waals surface area (Å²) in [4.78, 5) is 0. The second-order valence-corrected chi connectivity index (χ2v) is 4.81. The van der Waals surface area contributed by atoms with Crippen molar-refractivity contribution in [2.45, 2.75) is 32.1 Å². The van der Waals surface area contributed by atoms with Crippen molar-refractivity contribution in [3.8, 4) is 5.75 Å². The average molecular weight is 271 g/mol. The van der Waals surface area contributed by atoms with Crippen LogP contribution in [0.25, 0.3) is 0 Å². The van der Waals surface area contributed by atoms with Gasteiger partial charge in [0.15, 0.2) is 0 Å². The summed E-state index contributed by atoms with van der Waals surface area (Å²) < 4.78 is 0.866. The molecule has 0 heterocycles. The van der Waals surface area contributed by atoms with Crippen LogP contribution in [0.3, 0.4) is 0 Å². The molecule has 0 aliphatic heterocycles. The topological polar surface area (TPSA) is 40.5 Å². The number of hydrogen-bond donors (Lipinski definition) is 2. The average Bonchev–Trinajstić information content (AvgIpc) is 2.69. The van der Waals surface area contributed by atoms with E-state index >= 15 is 0 Å². The fraction of sp³-hybridized carbons (Fsp3) is 0.500. The molecule has 1 aromatic rings. The quantitative estimate of drug-likeness (QED) is 0.887. The molecule has 0 radical (unpaired) electrons. The van der Waals surface area contributed by atoms with Gasteiger partial charge in [-0.2, -0.15) is 0 Å². The van der Waals surface area contributed by atoms with Crippen molar-refractivity contribution < 1.29 is 10.2 Å². The minimum absolute atomic E-state index is 0.175. The first-order valence-electron chi connectivity index (χ1n) is 5.37. The number of aliphatic hydroxyl groups excluding tert-OH is 1. The fourth-order valence-corrected chi connectivity index (χ4v) is 2.91. The maximum absolute atomic E-state index is 9.96. The van der Waals surface area contributed by atoms with Crippen molar-refractivity contribution >= 4 is 15.9 Å². The van der Waals surface area contributed by atoms with Crippen LogP contribution >= 0.6 is 15.9 Å². The van der Waals surface area contributed by atoms with Crippen LogP contribution in [0.15, 0.2) is 10.5 Å². The highest BCUT2D eigenvalue weighted by atomic mass is 79.9. The SMILES string of the molecule is OCCCc1cc2c(c(Br)c1O)CCC2. The molecule has 0 fully saturated rings. The zero-order valence-electron chi connectivity index (χ0n) is 8.59. The first-order chi connectivity index (χ1) is 7.24. The number of aliphatic hydroxyl groups is 1. The molecule has 0 atom stereocenters. The molecule has 0 saturated carbocycles. The molecule has 2 rings (SSSR count). The molecule has 0 bridgehead atoms. The number of aromatic hydroxyl groups is 1. The highest BCUT2D eigenvalue weighted by Gasteiger charge is 2.19. The van der Waals surface area contributed by atoms with Gasteiger partial charge in [0.1, 0.15) is 5.75 Å². The van der Waals surface area contributed by atoms with E-state index < -0.39 is 0 Å². The third kappa shape index (κ3) is 2.04. The van der Waals surface area contributed by atoms with Crippen LogP contribution < -0.4 is 0 Å². The monoisotopic (exact) mass is 270 g/mol. The largest absolute Gasteiger partial charge is 0.506 e. The Bertz CT molecular complexity index is 374. The van der Waals surface area contributed by atoms with E-state index in [0.717, 1.165) is 29.3 Å². The molecule has 1 aromatic carbocycles. The van der Waals surface area contributed by atoms with Gasteiger partial charge in [-0.25, -0.2) is 0 Å². The molecule has 15 heavy (non-hydrogen) atoms. The number of fused-ring (bicyclic) bond motifs is 1. The summed E-state index contributed by atoms with van der Waals surface area (Å²) in [6.45, 7) is 0.175. The maximum atomic E-state index is 9.96. The number of hydrogen-bond acceptors (Lipinski definition) is 2. The van der Waals surface area contributed by atoms with E-state index in [0.29, 0.717) is 12.2 Å². The highest BCUT2D eigenvalue weighted by molar-refractivity contribution is 9.10. The lowest BCUT2D eigenvalue weighted by atomic mass is 10.0. The van der Waals surface area contributed by atoms with Crippen LogP contribution in [0.1, 0.15) is 29.5 Å². The Hall–Kier alpha value is -0.540. The summed E-state index contributed by atoms with van der Waals surface area (Å²) >= 11 is 3.46. The lowest BCUT2D eigenvalue weighted by molar-refractivity contribution is 0.288. The second-order valence-electron chi connectivity index (χ2n) is 4.02. The standard InChI is InChI=1S/C12H15BrO2/c13-11-10-5-1-3-8(10)7-9(12(11)15)4-2-6-14/h7,14-15H,1-6H2.